The molecule has 2 heterocycles. The molecule has 7 heteroatoms. The van der Waals surface area contributed by atoms with Gasteiger partial charge < -0.3 is 15.0 Å². The number of carbonyl (C=O) groups excluding carboxylic acids is 1. The van der Waals surface area contributed by atoms with E-state index in [4.69, 9.17) is 10.00 Å². The van der Waals surface area contributed by atoms with Crippen LogP contribution in [0.3, 0.4) is 0 Å². The van der Waals surface area contributed by atoms with E-state index in [1.54, 1.807) is 6.07 Å². The summed E-state index contributed by atoms with van der Waals surface area (Å²) in [6, 6.07) is 3.80. The van der Waals surface area contributed by atoms with E-state index in [9.17, 15) is 4.79 Å². The molecule has 1 amide bonds. The zero-order valence-corrected chi connectivity index (χ0v) is 14.1. The van der Waals surface area contributed by atoms with Crippen LogP contribution in [0.2, 0.25) is 0 Å². The van der Waals surface area contributed by atoms with Gasteiger partial charge in [0, 0.05) is 24.8 Å². The Bertz CT molecular complexity index is 610. The third-order valence-corrected chi connectivity index (χ3v) is 3.46. The van der Waals surface area contributed by atoms with Gasteiger partial charge in [-0.15, -0.1) is 0 Å². The van der Waals surface area contributed by atoms with Crippen molar-refractivity contribution in [2.45, 2.75) is 52.2 Å². The lowest BCUT2D eigenvalue weighted by Crippen LogP contribution is -2.46. The number of aromatic nitrogens is 2. The fourth-order valence-corrected chi connectivity index (χ4v) is 2.45. The number of piperidine rings is 1. The largest absolute Gasteiger partial charge is 0.444 e. The molecule has 0 unspecified atom stereocenters. The first-order chi connectivity index (χ1) is 10.8. The van der Waals surface area contributed by atoms with Gasteiger partial charge in [0.15, 0.2) is 0 Å². The van der Waals surface area contributed by atoms with Crippen LogP contribution in [0, 0.1) is 18.3 Å². The van der Waals surface area contributed by atoms with E-state index in [0.717, 1.165) is 31.6 Å². The summed E-state index contributed by atoms with van der Waals surface area (Å²) in [5, 5.41) is 11.9. The van der Waals surface area contributed by atoms with E-state index in [0.29, 0.717) is 11.6 Å². The third kappa shape index (κ3) is 5.09. The van der Waals surface area contributed by atoms with Crippen molar-refractivity contribution in [1.29, 1.82) is 5.26 Å². The normalized spacial score (nSPS) is 15.9. The van der Waals surface area contributed by atoms with Gasteiger partial charge in [-0.2, -0.15) is 5.26 Å². The monoisotopic (exact) mass is 317 g/mol. The van der Waals surface area contributed by atoms with Crippen LogP contribution in [0.1, 0.15) is 45.0 Å². The van der Waals surface area contributed by atoms with Crippen LogP contribution >= 0.6 is 0 Å². The number of nitrogens with one attached hydrogen (secondary N) is 1. The summed E-state index contributed by atoms with van der Waals surface area (Å²) >= 11 is 0. The lowest BCUT2D eigenvalue weighted by Gasteiger charge is -2.32. The molecule has 1 aliphatic heterocycles. The highest BCUT2D eigenvalue weighted by molar-refractivity contribution is 5.68. The van der Waals surface area contributed by atoms with Gasteiger partial charge in [-0.05, 0) is 46.6 Å². The minimum absolute atomic E-state index is 0.0846. The van der Waals surface area contributed by atoms with Crippen LogP contribution in [0.5, 0.6) is 0 Å². The maximum atomic E-state index is 11.8. The highest BCUT2D eigenvalue weighted by atomic mass is 16.6. The predicted octanol–water partition coefficient (Wildman–Crippen LogP) is 2.15. The molecule has 0 saturated carbocycles. The quantitative estimate of drug-likeness (QED) is 0.898. The van der Waals surface area contributed by atoms with Gasteiger partial charge in [0.25, 0.3) is 0 Å². The molecule has 1 aromatic heterocycles. The van der Waals surface area contributed by atoms with Gasteiger partial charge in [-0.25, -0.2) is 14.8 Å². The molecule has 0 bridgehead atoms. The second-order valence-corrected chi connectivity index (χ2v) is 6.71. The molecule has 0 atom stereocenters. The minimum atomic E-state index is -0.492. The Morgan fingerprint density at radius 3 is 2.61 bits per heavy atom. The van der Waals surface area contributed by atoms with Crippen LogP contribution < -0.4 is 10.2 Å². The Kier molecular flexibility index (Phi) is 5.04. The van der Waals surface area contributed by atoms with Crippen molar-refractivity contribution in [1.82, 2.24) is 15.3 Å². The Morgan fingerprint density at radius 1 is 1.39 bits per heavy atom. The van der Waals surface area contributed by atoms with E-state index < -0.39 is 5.60 Å². The van der Waals surface area contributed by atoms with Crippen LogP contribution in [0.25, 0.3) is 0 Å². The number of anilines is 1. The van der Waals surface area contributed by atoms with Crippen LogP contribution in [0.4, 0.5) is 10.7 Å². The first-order valence-corrected chi connectivity index (χ1v) is 7.77. The summed E-state index contributed by atoms with van der Waals surface area (Å²) in [4.78, 5) is 22.5. The molecule has 0 aromatic carbocycles. The number of hydrogen-bond acceptors (Lipinski definition) is 6. The number of rotatable bonds is 2. The lowest BCUT2D eigenvalue weighted by atomic mass is 10.1. The standard InChI is InChI=1S/C16H23N5O2/c1-11-9-13(10-17)19-14(18-11)21-7-5-12(6-8-21)20-15(22)23-16(2,3)4/h9,12H,5-8H2,1-4H3,(H,20,22). The summed E-state index contributed by atoms with van der Waals surface area (Å²) in [7, 11) is 0. The smallest absolute Gasteiger partial charge is 0.407 e. The zero-order valence-electron chi connectivity index (χ0n) is 14.1. The Hall–Kier alpha value is -2.36. The molecule has 1 N–H and O–H groups in total. The first-order valence-electron chi connectivity index (χ1n) is 7.77. The van der Waals surface area contributed by atoms with E-state index in [1.165, 1.54) is 0 Å². The van der Waals surface area contributed by atoms with Crippen molar-refractivity contribution < 1.29 is 9.53 Å². The summed E-state index contributed by atoms with van der Waals surface area (Å²) in [5.74, 6) is 0.581. The maximum absolute atomic E-state index is 11.8. The fraction of sp³-hybridized carbons (Fsp3) is 0.625. The van der Waals surface area contributed by atoms with E-state index >= 15 is 0 Å². The fourth-order valence-electron chi connectivity index (χ4n) is 2.45. The van der Waals surface area contributed by atoms with Crippen molar-refractivity contribution in [2.75, 3.05) is 18.0 Å². The van der Waals surface area contributed by atoms with Crippen molar-refractivity contribution in [3.8, 4) is 6.07 Å². The molecule has 0 aliphatic carbocycles. The average molecular weight is 317 g/mol. The van der Waals surface area contributed by atoms with Gasteiger partial charge in [0.2, 0.25) is 5.95 Å². The van der Waals surface area contributed by atoms with Crippen LogP contribution in [-0.4, -0.2) is 40.8 Å². The van der Waals surface area contributed by atoms with Gasteiger partial charge in [0.05, 0.1) is 0 Å². The molecule has 0 spiro atoms. The minimum Gasteiger partial charge on any atom is -0.444 e. The van der Waals surface area contributed by atoms with Crippen LogP contribution in [0.15, 0.2) is 6.07 Å². The average Bonchev–Trinajstić information content (AvgIpc) is 2.45. The number of aryl methyl sites for hydroxylation is 1. The molecule has 1 aliphatic rings. The first kappa shape index (κ1) is 17.0. The van der Waals surface area contributed by atoms with E-state index in [1.807, 2.05) is 32.6 Å². The lowest BCUT2D eigenvalue weighted by molar-refractivity contribution is 0.0497. The number of ether oxygens (including phenoxy) is 1. The maximum Gasteiger partial charge on any atom is 0.407 e. The second-order valence-electron chi connectivity index (χ2n) is 6.71. The molecule has 2 rings (SSSR count). The highest BCUT2D eigenvalue weighted by Gasteiger charge is 2.24. The predicted molar refractivity (Wildman–Crippen MR) is 86.1 cm³/mol. The summed E-state index contributed by atoms with van der Waals surface area (Å²) in [6.45, 7) is 8.84. The van der Waals surface area contributed by atoms with Crippen LogP contribution in [-0.2, 0) is 4.74 Å². The molecular weight excluding hydrogens is 294 g/mol. The number of alkyl carbamates (subject to hydrolysis) is 1. The molecular formula is C16H23N5O2. The molecule has 1 saturated heterocycles. The molecule has 1 aromatic rings. The van der Waals surface area contributed by atoms with Gasteiger partial charge in [-0.1, -0.05) is 0 Å². The number of nitrogens with zero attached hydrogens (tertiary/aromatic N) is 4. The second kappa shape index (κ2) is 6.82. The number of amides is 1. The van der Waals surface area contributed by atoms with Gasteiger partial charge in [0.1, 0.15) is 17.4 Å². The van der Waals surface area contributed by atoms with Gasteiger partial charge in [-0.3, -0.25) is 0 Å². The summed E-state index contributed by atoms with van der Waals surface area (Å²) in [5.41, 5.74) is 0.663. The molecule has 7 nitrogen and oxygen atoms in total. The van der Waals surface area contributed by atoms with E-state index in [-0.39, 0.29) is 12.1 Å². The molecule has 23 heavy (non-hydrogen) atoms. The van der Waals surface area contributed by atoms with Crippen molar-refractivity contribution in [3.63, 3.8) is 0 Å². The number of nitriles is 1. The molecule has 0 radical (unpaired) electrons. The van der Waals surface area contributed by atoms with Crippen molar-refractivity contribution in [2.24, 2.45) is 0 Å². The third-order valence-electron chi connectivity index (χ3n) is 3.46. The Morgan fingerprint density at radius 2 is 2.04 bits per heavy atom. The van der Waals surface area contributed by atoms with Crippen molar-refractivity contribution >= 4 is 12.0 Å². The van der Waals surface area contributed by atoms with E-state index in [2.05, 4.69) is 21.4 Å². The van der Waals surface area contributed by atoms with Gasteiger partial charge >= 0.3 is 6.09 Å². The summed E-state index contributed by atoms with van der Waals surface area (Å²) in [6.07, 6.45) is 1.20. The SMILES string of the molecule is Cc1cc(C#N)nc(N2CCC(NC(=O)OC(C)(C)C)CC2)n1. The zero-order chi connectivity index (χ0) is 17.0. The Balaban J connectivity index is 1.90. The number of carbonyl (C=O) groups is 1. The number of hydrogen-bond donors (Lipinski definition) is 1. The molecule has 124 valence electrons. The topological polar surface area (TPSA) is 91.1 Å². The summed E-state index contributed by atoms with van der Waals surface area (Å²) < 4.78 is 5.27. The Labute approximate surface area is 136 Å². The highest BCUT2D eigenvalue weighted by Crippen LogP contribution is 2.17. The molecule has 1 fully saturated rings. The van der Waals surface area contributed by atoms with Crippen molar-refractivity contribution in [3.05, 3.63) is 17.5 Å².